The number of allylic oxidation sites excluding steroid dienone is 2. The van der Waals surface area contributed by atoms with E-state index in [1.54, 1.807) is 43.3 Å². The van der Waals surface area contributed by atoms with Gasteiger partial charge in [0.25, 0.3) is 5.92 Å². The summed E-state index contributed by atoms with van der Waals surface area (Å²) in [5.74, 6) is -2.40. The summed E-state index contributed by atoms with van der Waals surface area (Å²) >= 11 is 0. The van der Waals surface area contributed by atoms with Crippen LogP contribution in [0.3, 0.4) is 0 Å². The smallest absolute Gasteiger partial charge is 0.271 e. The maximum absolute atomic E-state index is 13.2. The molecule has 0 fully saturated rings. The highest BCUT2D eigenvalue weighted by molar-refractivity contribution is 6.01. The van der Waals surface area contributed by atoms with Crippen molar-refractivity contribution in [2.45, 2.75) is 39.2 Å². The number of benzene rings is 1. The lowest BCUT2D eigenvalue weighted by molar-refractivity contribution is -0.0891. The van der Waals surface area contributed by atoms with E-state index in [0.29, 0.717) is 29.7 Å². The first-order valence-corrected chi connectivity index (χ1v) is 8.38. The highest BCUT2D eigenvalue weighted by atomic mass is 19.3. The number of rotatable bonds is 10. The van der Waals surface area contributed by atoms with Gasteiger partial charge >= 0.3 is 0 Å². The van der Waals surface area contributed by atoms with Gasteiger partial charge in [0.15, 0.2) is 0 Å². The Morgan fingerprint density at radius 3 is 2.41 bits per heavy atom. The molecule has 0 saturated carbocycles. The second-order valence-corrected chi connectivity index (χ2v) is 6.36. The number of methoxy groups -OCH3 is 1. The van der Waals surface area contributed by atoms with Crippen molar-refractivity contribution in [1.82, 2.24) is 0 Å². The zero-order valence-electron chi connectivity index (χ0n) is 16.0. The molecule has 0 aliphatic rings. The molecule has 1 aromatic carbocycles. The molecular weight excluding hydrogens is 354 g/mol. The molecule has 0 amide bonds. The third-order valence-corrected chi connectivity index (χ3v) is 3.63. The van der Waals surface area contributed by atoms with Gasteiger partial charge in [0.2, 0.25) is 0 Å². The molecule has 0 radical (unpaired) electrons. The number of aliphatic hydroxyl groups excluding tert-OH is 1. The van der Waals surface area contributed by atoms with Gasteiger partial charge in [-0.1, -0.05) is 12.1 Å². The number of para-hydroxylation sites is 1. The van der Waals surface area contributed by atoms with Crippen molar-refractivity contribution < 1.29 is 23.4 Å². The average molecular weight is 380 g/mol. The van der Waals surface area contributed by atoms with E-state index in [0.717, 1.165) is 5.57 Å². The Bertz CT molecular complexity index is 737. The molecule has 5 nitrogen and oxygen atoms in total. The largest absolute Gasteiger partial charge is 0.497 e. The molecule has 1 aromatic rings. The first kappa shape index (κ1) is 22.5. The van der Waals surface area contributed by atoms with E-state index < -0.39 is 18.4 Å². The maximum atomic E-state index is 13.2. The standard InChI is InChI=1S/C20H26F2N2O3/c1-13(9-15(26-4)10-14(2)23)12-27-18-8-6-5-7-16(18)17(24)11-19(25)20(3,21)22/h5-10,19,23-25H,11-12H2,1-4H3/b13-9+,15-10+,23-14?,24-17?. The summed E-state index contributed by atoms with van der Waals surface area (Å²) in [5.41, 5.74) is 1.39. The lowest BCUT2D eigenvalue weighted by Gasteiger charge is -2.19. The number of aliphatic hydroxyl groups is 1. The summed E-state index contributed by atoms with van der Waals surface area (Å²) in [6.45, 7) is 4.27. The van der Waals surface area contributed by atoms with Crippen molar-refractivity contribution >= 4 is 11.4 Å². The molecular formula is C20H26F2N2O3. The van der Waals surface area contributed by atoms with Gasteiger partial charge in [-0.25, -0.2) is 8.78 Å². The van der Waals surface area contributed by atoms with Crippen LogP contribution in [0.5, 0.6) is 5.75 Å². The minimum Gasteiger partial charge on any atom is -0.497 e. The molecule has 7 heteroatoms. The molecule has 0 aromatic heterocycles. The zero-order valence-corrected chi connectivity index (χ0v) is 16.0. The van der Waals surface area contributed by atoms with E-state index in [1.807, 2.05) is 6.92 Å². The summed E-state index contributed by atoms with van der Waals surface area (Å²) in [6.07, 6.45) is 0.888. The van der Waals surface area contributed by atoms with Gasteiger partial charge in [0.05, 0.1) is 7.11 Å². The number of alkyl halides is 2. The van der Waals surface area contributed by atoms with Crippen LogP contribution in [0.25, 0.3) is 0 Å². The summed E-state index contributed by atoms with van der Waals surface area (Å²) in [4.78, 5) is 0. The number of ether oxygens (including phenoxy) is 2. The molecule has 0 aliphatic carbocycles. The summed E-state index contributed by atoms with van der Waals surface area (Å²) in [5, 5.41) is 25.1. The van der Waals surface area contributed by atoms with E-state index in [-0.39, 0.29) is 12.3 Å². The van der Waals surface area contributed by atoms with Crippen molar-refractivity contribution in [3.05, 3.63) is 53.3 Å². The first-order chi connectivity index (χ1) is 12.5. The van der Waals surface area contributed by atoms with E-state index >= 15 is 0 Å². The van der Waals surface area contributed by atoms with Crippen LogP contribution in [-0.2, 0) is 4.74 Å². The van der Waals surface area contributed by atoms with Gasteiger partial charge in [0.1, 0.15) is 24.2 Å². The fraction of sp³-hybridized carbons (Fsp3) is 0.400. The topological polar surface area (TPSA) is 86.4 Å². The molecule has 0 aliphatic heterocycles. The van der Waals surface area contributed by atoms with Gasteiger partial charge in [-0.05, 0) is 37.6 Å². The molecule has 3 N–H and O–H groups in total. The predicted molar refractivity (Wildman–Crippen MR) is 102 cm³/mol. The van der Waals surface area contributed by atoms with Crippen LogP contribution >= 0.6 is 0 Å². The number of hydrogen-bond acceptors (Lipinski definition) is 5. The number of hydrogen-bond donors (Lipinski definition) is 3. The fourth-order valence-corrected chi connectivity index (χ4v) is 2.17. The Labute approximate surface area is 158 Å². The summed E-state index contributed by atoms with van der Waals surface area (Å²) in [6, 6.07) is 6.63. The molecule has 27 heavy (non-hydrogen) atoms. The number of nitrogens with one attached hydrogen (secondary N) is 2. The Balaban J connectivity index is 2.88. The van der Waals surface area contributed by atoms with Crippen LogP contribution in [-0.4, -0.2) is 42.3 Å². The lowest BCUT2D eigenvalue weighted by atomic mass is 10.0. The van der Waals surface area contributed by atoms with Crippen LogP contribution in [0.4, 0.5) is 8.78 Å². The van der Waals surface area contributed by atoms with E-state index in [4.69, 9.17) is 20.3 Å². The lowest BCUT2D eigenvalue weighted by Crippen LogP contribution is -2.32. The molecule has 0 bridgehead atoms. The van der Waals surface area contributed by atoms with E-state index in [1.165, 1.54) is 7.11 Å². The third-order valence-electron chi connectivity index (χ3n) is 3.63. The van der Waals surface area contributed by atoms with Crippen molar-refractivity contribution in [3.8, 4) is 5.75 Å². The Morgan fingerprint density at radius 1 is 1.22 bits per heavy atom. The van der Waals surface area contributed by atoms with Crippen LogP contribution < -0.4 is 4.74 Å². The molecule has 0 spiro atoms. The Morgan fingerprint density at radius 2 is 1.85 bits per heavy atom. The second kappa shape index (κ2) is 9.97. The van der Waals surface area contributed by atoms with E-state index in [9.17, 15) is 13.9 Å². The SMILES string of the molecule is COC(/C=C(\C)COc1ccccc1C(=N)CC(O)C(C)(F)F)=C/C(C)=N. The van der Waals surface area contributed by atoms with Gasteiger partial charge in [0, 0.05) is 36.4 Å². The first-order valence-electron chi connectivity index (χ1n) is 8.38. The highest BCUT2D eigenvalue weighted by Crippen LogP contribution is 2.25. The predicted octanol–water partition coefficient (Wildman–Crippen LogP) is 4.36. The minimum atomic E-state index is -3.28. The number of halogens is 2. The molecule has 0 saturated heterocycles. The van der Waals surface area contributed by atoms with Crippen molar-refractivity contribution in [1.29, 1.82) is 10.8 Å². The molecule has 1 unspecified atom stereocenters. The highest BCUT2D eigenvalue weighted by Gasteiger charge is 2.33. The van der Waals surface area contributed by atoms with Gasteiger partial charge in [-0.3, -0.25) is 0 Å². The zero-order chi connectivity index (χ0) is 20.6. The second-order valence-electron chi connectivity index (χ2n) is 6.36. The third kappa shape index (κ3) is 7.70. The van der Waals surface area contributed by atoms with Gasteiger partial charge in [-0.2, -0.15) is 0 Å². The summed E-state index contributed by atoms with van der Waals surface area (Å²) < 4.78 is 37.2. The normalized spacial score (nSPS) is 13.9. The maximum Gasteiger partial charge on any atom is 0.271 e. The average Bonchev–Trinajstić information content (AvgIpc) is 2.58. The van der Waals surface area contributed by atoms with Gasteiger partial charge in [-0.15, -0.1) is 0 Å². The minimum absolute atomic E-state index is 0.127. The van der Waals surface area contributed by atoms with Crippen molar-refractivity contribution in [3.63, 3.8) is 0 Å². The van der Waals surface area contributed by atoms with Crippen LogP contribution in [0.1, 0.15) is 32.8 Å². The van der Waals surface area contributed by atoms with Crippen molar-refractivity contribution in [2.24, 2.45) is 0 Å². The quantitative estimate of drug-likeness (QED) is 0.320. The molecule has 1 rings (SSSR count). The van der Waals surface area contributed by atoms with Gasteiger partial charge < -0.3 is 25.4 Å². The van der Waals surface area contributed by atoms with Crippen LogP contribution in [0, 0.1) is 10.8 Å². The molecule has 148 valence electrons. The molecule has 0 heterocycles. The Hall–Kier alpha value is -2.54. The monoisotopic (exact) mass is 380 g/mol. The van der Waals surface area contributed by atoms with Crippen molar-refractivity contribution in [2.75, 3.05) is 13.7 Å². The summed E-state index contributed by atoms with van der Waals surface area (Å²) in [7, 11) is 1.50. The fourth-order valence-electron chi connectivity index (χ4n) is 2.17. The van der Waals surface area contributed by atoms with E-state index in [2.05, 4.69) is 0 Å². The Kier molecular flexibility index (Phi) is 8.31. The van der Waals surface area contributed by atoms with Crippen LogP contribution in [0.2, 0.25) is 0 Å². The molecule has 1 atom stereocenters. The van der Waals surface area contributed by atoms with Crippen LogP contribution in [0.15, 0.2) is 47.7 Å².